The number of rotatable bonds is 6. The number of methoxy groups -OCH3 is 1. The van der Waals surface area contributed by atoms with E-state index in [2.05, 4.69) is 6.92 Å². The van der Waals surface area contributed by atoms with Crippen molar-refractivity contribution in [3.63, 3.8) is 0 Å². The van der Waals surface area contributed by atoms with Crippen molar-refractivity contribution >= 4 is 17.7 Å². The van der Waals surface area contributed by atoms with Crippen LogP contribution in [-0.4, -0.2) is 48.1 Å². The summed E-state index contributed by atoms with van der Waals surface area (Å²) in [5.41, 5.74) is 0. The molecule has 0 spiro atoms. The van der Waals surface area contributed by atoms with Crippen molar-refractivity contribution < 1.29 is 14.3 Å². The van der Waals surface area contributed by atoms with Gasteiger partial charge in [0, 0.05) is 25.9 Å². The number of amides is 1. The first-order chi connectivity index (χ1) is 10.6. The molecule has 1 heterocycles. The molecule has 4 nitrogen and oxygen atoms in total. The van der Waals surface area contributed by atoms with E-state index in [9.17, 15) is 4.79 Å². The van der Waals surface area contributed by atoms with Crippen LogP contribution in [-0.2, 0) is 4.79 Å². The van der Waals surface area contributed by atoms with E-state index in [1.165, 1.54) is 0 Å². The third-order valence-electron chi connectivity index (χ3n) is 3.88. The third-order valence-corrected chi connectivity index (χ3v) is 4.92. The Labute approximate surface area is 137 Å². The van der Waals surface area contributed by atoms with E-state index in [-0.39, 0.29) is 17.3 Å². The number of hydrogen-bond donors (Lipinski definition) is 0. The molecule has 0 bridgehead atoms. The summed E-state index contributed by atoms with van der Waals surface area (Å²) >= 11 is 1.71. The molecule has 1 aromatic rings. The summed E-state index contributed by atoms with van der Waals surface area (Å²) in [6.45, 7) is 5.66. The Kier molecular flexibility index (Phi) is 6.43. The van der Waals surface area contributed by atoms with Crippen LogP contribution < -0.4 is 9.47 Å². The van der Waals surface area contributed by atoms with Gasteiger partial charge in [-0.3, -0.25) is 4.79 Å². The van der Waals surface area contributed by atoms with Crippen molar-refractivity contribution in [1.82, 2.24) is 4.90 Å². The van der Waals surface area contributed by atoms with Crippen LogP contribution in [0.15, 0.2) is 24.3 Å². The molecule has 2 rings (SSSR count). The van der Waals surface area contributed by atoms with Crippen molar-refractivity contribution in [2.45, 2.75) is 38.0 Å². The lowest BCUT2D eigenvalue weighted by molar-refractivity contribution is -0.132. The molecule has 0 aliphatic carbocycles. The van der Waals surface area contributed by atoms with E-state index in [0.717, 1.165) is 43.2 Å². The van der Waals surface area contributed by atoms with Gasteiger partial charge in [-0.1, -0.05) is 6.92 Å². The number of thioether (sulfide) groups is 1. The molecule has 1 aliphatic rings. The number of likely N-dealkylation sites (tertiary alicyclic amines) is 1. The minimum Gasteiger partial charge on any atom is -0.497 e. The Morgan fingerprint density at radius 1 is 1.27 bits per heavy atom. The summed E-state index contributed by atoms with van der Waals surface area (Å²) in [6, 6.07) is 7.65. The summed E-state index contributed by atoms with van der Waals surface area (Å²) in [6.07, 6.45) is 1.97. The maximum atomic E-state index is 12.3. The molecule has 0 unspecified atom stereocenters. The Morgan fingerprint density at radius 2 is 1.86 bits per heavy atom. The van der Waals surface area contributed by atoms with Gasteiger partial charge in [0.2, 0.25) is 5.91 Å². The van der Waals surface area contributed by atoms with E-state index in [0.29, 0.717) is 0 Å². The molecule has 122 valence electrons. The summed E-state index contributed by atoms with van der Waals surface area (Å²) in [4.78, 5) is 14.2. The zero-order chi connectivity index (χ0) is 15.9. The van der Waals surface area contributed by atoms with Crippen LogP contribution in [0.2, 0.25) is 0 Å². The number of piperidine rings is 1. The van der Waals surface area contributed by atoms with Crippen LogP contribution in [0.5, 0.6) is 11.5 Å². The molecule has 1 atom stereocenters. The van der Waals surface area contributed by atoms with Crippen LogP contribution >= 0.6 is 11.8 Å². The van der Waals surface area contributed by atoms with E-state index >= 15 is 0 Å². The molecular weight excluding hydrogens is 298 g/mol. The molecular formula is C17H25NO3S. The molecule has 1 amide bonds. The molecule has 0 N–H and O–H groups in total. The van der Waals surface area contributed by atoms with Crippen molar-refractivity contribution in [3.8, 4) is 11.5 Å². The van der Waals surface area contributed by atoms with Crippen LogP contribution in [0.1, 0.15) is 26.7 Å². The van der Waals surface area contributed by atoms with Gasteiger partial charge >= 0.3 is 0 Å². The van der Waals surface area contributed by atoms with Gasteiger partial charge in [0.25, 0.3) is 0 Å². The van der Waals surface area contributed by atoms with Gasteiger partial charge in [0.15, 0.2) is 0 Å². The lowest BCUT2D eigenvalue weighted by atomic mass is 10.1. The Morgan fingerprint density at radius 3 is 2.41 bits per heavy atom. The molecule has 22 heavy (non-hydrogen) atoms. The second-order valence-corrected chi connectivity index (χ2v) is 7.03. The number of carbonyl (C=O) groups excluding carboxylic acids is 1. The van der Waals surface area contributed by atoms with Crippen LogP contribution in [0.3, 0.4) is 0 Å². The van der Waals surface area contributed by atoms with E-state index in [1.54, 1.807) is 18.9 Å². The topological polar surface area (TPSA) is 38.8 Å². The van der Waals surface area contributed by atoms with E-state index in [1.807, 2.05) is 36.1 Å². The highest BCUT2D eigenvalue weighted by Crippen LogP contribution is 2.23. The molecule has 1 saturated heterocycles. The van der Waals surface area contributed by atoms with Crippen molar-refractivity contribution in [3.05, 3.63) is 24.3 Å². The normalized spacial score (nSPS) is 17.1. The Bertz CT molecular complexity index is 469. The highest BCUT2D eigenvalue weighted by atomic mass is 32.2. The summed E-state index contributed by atoms with van der Waals surface area (Å²) < 4.78 is 11.1. The SMILES string of the molecule is CCS[C@@H](C)C(=O)N1CCC(Oc2ccc(OC)cc2)CC1. The third kappa shape index (κ3) is 4.57. The van der Waals surface area contributed by atoms with Gasteiger partial charge in [-0.2, -0.15) is 0 Å². The smallest absolute Gasteiger partial charge is 0.235 e. The molecule has 0 aromatic heterocycles. The van der Waals surface area contributed by atoms with E-state index in [4.69, 9.17) is 9.47 Å². The summed E-state index contributed by atoms with van der Waals surface area (Å²) in [7, 11) is 1.65. The van der Waals surface area contributed by atoms with Crippen LogP contribution in [0.4, 0.5) is 0 Å². The molecule has 1 aromatic carbocycles. The second kappa shape index (κ2) is 8.32. The number of benzene rings is 1. The highest BCUT2D eigenvalue weighted by Gasteiger charge is 2.26. The molecule has 1 fully saturated rings. The number of hydrogen-bond acceptors (Lipinski definition) is 4. The van der Waals surface area contributed by atoms with Crippen molar-refractivity contribution in [1.29, 1.82) is 0 Å². The van der Waals surface area contributed by atoms with Crippen LogP contribution in [0, 0.1) is 0 Å². The number of carbonyl (C=O) groups is 1. The molecule has 1 aliphatic heterocycles. The Balaban J connectivity index is 1.80. The van der Waals surface area contributed by atoms with Gasteiger partial charge in [-0.25, -0.2) is 0 Å². The second-order valence-electron chi connectivity index (χ2n) is 5.42. The van der Waals surface area contributed by atoms with Gasteiger partial charge in [0.05, 0.1) is 12.4 Å². The quantitative estimate of drug-likeness (QED) is 0.806. The van der Waals surface area contributed by atoms with Gasteiger partial charge < -0.3 is 14.4 Å². The number of nitrogens with zero attached hydrogens (tertiary/aromatic N) is 1. The molecule has 0 saturated carbocycles. The lowest BCUT2D eigenvalue weighted by Crippen LogP contribution is -2.44. The predicted molar refractivity (Wildman–Crippen MR) is 90.8 cm³/mol. The van der Waals surface area contributed by atoms with Crippen LogP contribution in [0.25, 0.3) is 0 Å². The molecule has 0 radical (unpaired) electrons. The molecule has 5 heteroatoms. The first kappa shape index (κ1) is 17.0. The first-order valence-corrected chi connectivity index (χ1v) is 8.90. The zero-order valence-electron chi connectivity index (χ0n) is 13.6. The largest absolute Gasteiger partial charge is 0.497 e. The van der Waals surface area contributed by atoms with E-state index < -0.39 is 0 Å². The fourth-order valence-electron chi connectivity index (χ4n) is 2.62. The fraction of sp³-hybridized carbons (Fsp3) is 0.588. The minimum atomic E-state index is 0.0593. The minimum absolute atomic E-state index is 0.0593. The maximum absolute atomic E-state index is 12.3. The highest BCUT2D eigenvalue weighted by molar-refractivity contribution is 8.00. The predicted octanol–water partition coefficient (Wildman–Crippen LogP) is 3.21. The first-order valence-electron chi connectivity index (χ1n) is 7.85. The summed E-state index contributed by atoms with van der Waals surface area (Å²) in [5, 5.41) is 0.0593. The average molecular weight is 323 g/mol. The average Bonchev–Trinajstić information content (AvgIpc) is 2.56. The zero-order valence-corrected chi connectivity index (χ0v) is 14.4. The lowest BCUT2D eigenvalue weighted by Gasteiger charge is -2.33. The van der Waals surface area contributed by atoms with Crippen molar-refractivity contribution in [2.75, 3.05) is 26.0 Å². The van der Waals surface area contributed by atoms with Gasteiger partial charge in [-0.05, 0) is 36.9 Å². The van der Waals surface area contributed by atoms with Gasteiger partial charge in [-0.15, -0.1) is 11.8 Å². The fourth-order valence-corrected chi connectivity index (χ4v) is 3.41. The summed E-state index contributed by atoms with van der Waals surface area (Å²) in [5.74, 6) is 2.93. The maximum Gasteiger partial charge on any atom is 0.235 e. The number of ether oxygens (including phenoxy) is 2. The monoisotopic (exact) mass is 323 g/mol. The van der Waals surface area contributed by atoms with Crippen molar-refractivity contribution in [2.24, 2.45) is 0 Å². The Hall–Kier alpha value is -1.36. The standard InChI is InChI=1S/C17H25NO3S/c1-4-22-13(2)17(19)18-11-9-16(10-12-18)21-15-7-5-14(20-3)6-8-15/h5-8,13,16H,4,9-12H2,1-3H3/t13-/m0/s1. The van der Waals surface area contributed by atoms with Gasteiger partial charge in [0.1, 0.15) is 17.6 Å².